The number of aromatic nitrogens is 2. The van der Waals surface area contributed by atoms with Crippen molar-refractivity contribution in [2.75, 3.05) is 24.5 Å². The number of aliphatic carboxylic acids is 1. The molecule has 2 atom stereocenters. The Hall–Kier alpha value is -4.39. The minimum absolute atomic E-state index is 0.0246. The summed E-state index contributed by atoms with van der Waals surface area (Å²) in [6, 6.07) is 30.2. The number of hydrogen-bond acceptors (Lipinski definition) is 4. The number of aryl methyl sites for hydroxylation is 1. The van der Waals surface area contributed by atoms with E-state index in [1.807, 2.05) is 101 Å². The number of carboxylic acid groups (broad SMARTS) is 1. The average Bonchev–Trinajstić information content (AvgIpc) is 3.35. The van der Waals surface area contributed by atoms with Gasteiger partial charge in [0.1, 0.15) is 11.9 Å². The Morgan fingerprint density at radius 2 is 1.37 bits per heavy atom. The highest BCUT2D eigenvalue weighted by Gasteiger charge is 2.40. The Bertz CT molecular complexity index is 1350. The van der Waals surface area contributed by atoms with Gasteiger partial charge in [0, 0.05) is 19.2 Å². The van der Waals surface area contributed by atoms with Gasteiger partial charge in [-0.25, -0.2) is 9.48 Å². The van der Waals surface area contributed by atoms with E-state index in [1.165, 1.54) is 4.90 Å². The molecule has 1 aromatic heterocycles. The lowest BCUT2D eigenvalue weighted by atomic mass is 9.89. The van der Waals surface area contributed by atoms with Crippen molar-refractivity contribution in [3.8, 4) is 0 Å². The number of rotatable bonds is 7. The van der Waals surface area contributed by atoms with Crippen LogP contribution in [0.2, 0.25) is 0 Å². The number of amides is 1. The maximum Gasteiger partial charge on any atom is 0.328 e. The van der Waals surface area contributed by atoms with E-state index in [0.717, 1.165) is 28.2 Å². The van der Waals surface area contributed by atoms with E-state index in [2.05, 4.69) is 19.1 Å². The molecular weight excluding hydrogens is 476 g/mol. The molecule has 1 N–H and O–H groups in total. The number of piperazine rings is 1. The van der Waals surface area contributed by atoms with Crippen molar-refractivity contribution in [1.29, 1.82) is 0 Å². The Balaban J connectivity index is 1.44. The van der Waals surface area contributed by atoms with E-state index < -0.39 is 17.9 Å². The molecule has 194 valence electrons. The number of hydrogen-bond donors (Lipinski definition) is 1. The first kappa shape index (κ1) is 25.3. The molecule has 1 saturated heterocycles. The van der Waals surface area contributed by atoms with Crippen molar-refractivity contribution in [1.82, 2.24) is 14.7 Å². The first-order valence-corrected chi connectivity index (χ1v) is 12.9. The van der Waals surface area contributed by atoms with Crippen LogP contribution in [0.5, 0.6) is 0 Å². The summed E-state index contributed by atoms with van der Waals surface area (Å²) in [5.74, 6) is -0.921. The van der Waals surface area contributed by atoms with Crippen LogP contribution in [-0.2, 0) is 9.59 Å². The summed E-state index contributed by atoms with van der Waals surface area (Å²) in [6.45, 7) is 5.03. The fraction of sp³-hybridized carbons (Fsp3) is 0.258. The van der Waals surface area contributed by atoms with Crippen LogP contribution in [-0.4, -0.2) is 57.3 Å². The van der Waals surface area contributed by atoms with Crippen molar-refractivity contribution in [2.24, 2.45) is 0 Å². The summed E-state index contributed by atoms with van der Waals surface area (Å²) < 4.78 is 1.96. The molecule has 5 rings (SSSR count). The highest BCUT2D eigenvalue weighted by molar-refractivity contribution is 5.91. The molecule has 0 spiro atoms. The van der Waals surface area contributed by atoms with E-state index in [0.29, 0.717) is 13.1 Å². The molecule has 1 aliphatic rings. The van der Waals surface area contributed by atoms with Crippen LogP contribution in [0, 0.1) is 6.92 Å². The molecule has 1 amide bonds. The van der Waals surface area contributed by atoms with Gasteiger partial charge in [-0.15, -0.1) is 0 Å². The van der Waals surface area contributed by atoms with Crippen molar-refractivity contribution < 1.29 is 14.7 Å². The monoisotopic (exact) mass is 508 g/mol. The molecule has 0 radical (unpaired) electrons. The van der Waals surface area contributed by atoms with Gasteiger partial charge >= 0.3 is 5.97 Å². The van der Waals surface area contributed by atoms with Gasteiger partial charge in [0.05, 0.1) is 24.2 Å². The second kappa shape index (κ2) is 10.9. The van der Waals surface area contributed by atoms with E-state index in [-0.39, 0.29) is 18.5 Å². The lowest BCUT2D eigenvalue weighted by molar-refractivity contribution is -0.151. The van der Waals surface area contributed by atoms with Crippen molar-refractivity contribution >= 4 is 17.7 Å². The molecule has 3 aromatic carbocycles. The highest BCUT2D eigenvalue weighted by Crippen LogP contribution is 2.31. The summed E-state index contributed by atoms with van der Waals surface area (Å²) in [7, 11) is 0. The minimum Gasteiger partial charge on any atom is -0.480 e. The SMILES string of the molecule is Cc1cc(N2CCN(C(=O)C(c3ccccc3)c3ccccc3)[C@H](C(=O)O)C2)n([C@@H](C)c2ccccc2)n1. The van der Waals surface area contributed by atoms with Crippen molar-refractivity contribution in [3.63, 3.8) is 0 Å². The van der Waals surface area contributed by atoms with Crippen LogP contribution in [0.4, 0.5) is 5.82 Å². The van der Waals surface area contributed by atoms with Gasteiger partial charge in [-0.1, -0.05) is 91.0 Å². The normalized spacial score (nSPS) is 16.4. The summed E-state index contributed by atoms with van der Waals surface area (Å²) in [5, 5.41) is 15.0. The smallest absolute Gasteiger partial charge is 0.328 e. The van der Waals surface area contributed by atoms with Crippen LogP contribution < -0.4 is 4.90 Å². The quantitative estimate of drug-likeness (QED) is 0.390. The summed E-state index contributed by atoms with van der Waals surface area (Å²) in [5.41, 5.74) is 3.68. The van der Waals surface area contributed by atoms with Crippen LogP contribution >= 0.6 is 0 Å². The Kier molecular flexibility index (Phi) is 7.26. The molecule has 38 heavy (non-hydrogen) atoms. The number of anilines is 1. The summed E-state index contributed by atoms with van der Waals surface area (Å²) in [6.07, 6.45) is 0. The Morgan fingerprint density at radius 3 is 1.89 bits per heavy atom. The van der Waals surface area contributed by atoms with Crippen LogP contribution in [0.25, 0.3) is 0 Å². The third-order valence-electron chi connectivity index (χ3n) is 7.27. The Morgan fingerprint density at radius 1 is 0.842 bits per heavy atom. The van der Waals surface area contributed by atoms with Crippen LogP contribution in [0.1, 0.15) is 41.3 Å². The third-order valence-corrected chi connectivity index (χ3v) is 7.27. The van der Waals surface area contributed by atoms with E-state index >= 15 is 0 Å². The van der Waals surface area contributed by atoms with Gasteiger partial charge in [-0.3, -0.25) is 4.79 Å². The van der Waals surface area contributed by atoms with Gasteiger partial charge in [0.2, 0.25) is 5.91 Å². The first-order valence-electron chi connectivity index (χ1n) is 12.9. The molecule has 0 unspecified atom stereocenters. The molecule has 0 aliphatic carbocycles. The molecule has 2 heterocycles. The number of carbonyl (C=O) groups excluding carboxylic acids is 1. The van der Waals surface area contributed by atoms with Crippen LogP contribution in [0.15, 0.2) is 97.1 Å². The van der Waals surface area contributed by atoms with Gasteiger partial charge in [0.25, 0.3) is 0 Å². The summed E-state index contributed by atoms with van der Waals surface area (Å²) in [4.78, 5) is 30.2. The van der Waals surface area contributed by atoms with Gasteiger partial charge in [0.15, 0.2) is 0 Å². The number of nitrogens with zero attached hydrogens (tertiary/aromatic N) is 4. The topological polar surface area (TPSA) is 78.7 Å². The maximum atomic E-state index is 14.0. The molecular formula is C31H32N4O3. The summed E-state index contributed by atoms with van der Waals surface area (Å²) >= 11 is 0. The molecule has 4 aromatic rings. The van der Waals surface area contributed by atoms with Gasteiger partial charge in [-0.2, -0.15) is 5.10 Å². The largest absolute Gasteiger partial charge is 0.480 e. The zero-order chi connectivity index (χ0) is 26.6. The predicted molar refractivity (Wildman–Crippen MR) is 147 cm³/mol. The maximum absolute atomic E-state index is 14.0. The van der Waals surface area contributed by atoms with Gasteiger partial charge < -0.3 is 14.9 Å². The van der Waals surface area contributed by atoms with Crippen molar-refractivity contribution in [3.05, 3.63) is 119 Å². The number of benzene rings is 3. The fourth-order valence-corrected chi connectivity index (χ4v) is 5.30. The third kappa shape index (κ3) is 5.05. The molecule has 0 bridgehead atoms. The van der Waals surface area contributed by atoms with E-state index in [4.69, 9.17) is 5.10 Å². The molecule has 0 saturated carbocycles. The van der Waals surface area contributed by atoms with Crippen molar-refractivity contribution in [2.45, 2.75) is 31.8 Å². The first-order chi connectivity index (χ1) is 18.4. The zero-order valence-electron chi connectivity index (χ0n) is 21.6. The molecule has 1 aliphatic heterocycles. The Labute approximate surface area is 222 Å². The lowest BCUT2D eigenvalue weighted by Gasteiger charge is -2.42. The second-order valence-corrected chi connectivity index (χ2v) is 9.76. The predicted octanol–water partition coefficient (Wildman–Crippen LogP) is 4.73. The molecule has 7 heteroatoms. The lowest BCUT2D eigenvalue weighted by Crippen LogP contribution is -2.59. The van der Waals surface area contributed by atoms with Gasteiger partial charge in [-0.05, 0) is 30.5 Å². The van der Waals surface area contributed by atoms with E-state index in [1.54, 1.807) is 0 Å². The molecule has 1 fully saturated rings. The number of carboxylic acids is 1. The zero-order valence-corrected chi connectivity index (χ0v) is 21.6. The van der Waals surface area contributed by atoms with E-state index in [9.17, 15) is 14.7 Å². The molecule has 7 nitrogen and oxygen atoms in total. The second-order valence-electron chi connectivity index (χ2n) is 9.76. The number of carbonyl (C=O) groups is 2. The standard InChI is InChI=1S/C31H32N4O3/c1-22-20-28(35(32-22)23(2)24-12-6-3-7-13-24)33-18-19-34(27(21-33)31(37)38)30(36)29(25-14-8-4-9-15-25)26-16-10-5-11-17-26/h3-17,20,23,27,29H,18-19,21H2,1-2H3,(H,37,38)/t23-,27-/m0/s1. The average molecular weight is 509 g/mol. The highest BCUT2D eigenvalue weighted by atomic mass is 16.4. The van der Waals surface area contributed by atoms with Crippen LogP contribution in [0.3, 0.4) is 0 Å². The minimum atomic E-state index is -1.01. The fourth-order valence-electron chi connectivity index (χ4n) is 5.30.